The molecule has 36 heavy (non-hydrogen) atoms. The second-order valence-corrected chi connectivity index (χ2v) is 8.13. The zero-order valence-corrected chi connectivity index (χ0v) is 20.2. The van der Waals surface area contributed by atoms with Gasteiger partial charge in [-0.1, -0.05) is 41.9 Å². The molecule has 1 heterocycles. The van der Waals surface area contributed by atoms with Crippen LogP contribution in [0, 0.1) is 13.8 Å². The summed E-state index contributed by atoms with van der Waals surface area (Å²) in [6, 6.07) is 10.4. The van der Waals surface area contributed by atoms with Crippen LogP contribution in [0.15, 0.2) is 48.5 Å². The summed E-state index contributed by atoms with van der Waals surface area (Å²) >= 11 is 6.00. The average molecular weight is 523 g/mol. The number of nitrogens with one attached hydrogen (secondary N) is 2. The first-order chi connectivity index (χ1) is 16.9. The van der Waals surface area contributed by atoms with E-state index >= 15 is 0 Å². The van der Waals surface area contributed by atoms with Crippen LogP contribution in [0.2, 0.25) is 5.02 Å². The van der Waals surface area contributed by atoms with E-state index in [9.17, 15) is 27.6 Å². The van der Waals surface area contributed by atoms with Crippen LogP contribution in [0.4, 0.5) is 18.9 Å². The molecule has 0 saturated heterocycles. The second-order valence-electron chi connectivity index (χ2n) is 7.72. The third-order valence-corrected chi connectivity index (χ3v) is 5.57. The molecule has 0 aliphatic carbocycles. The molecule has 0 fully saturated rings. The number of anilines is 1. The minimum atomic E-state index is -4.66. The Morgan fingerprint density at radius 3 is 2.33 bits per heavy atom. The number of rotatable bonds is 7. The standard InChI is InChI=1S/C25H22ClF3N2O5/c1-4-35-24(34)20-13(2)19(14(3)30-20)23(33)36-21(15-8-6-5-7-9-15)22(32)31-18-12-16(25(27,28)29)10-11-17(18)26/h5-12,21,30H,4H2,1-3H3,(H,31,32)/t21-/m1/s1. The average Bonchev–Trinajstić information content (AvgIpc) is 3.12. The lowest BCUT2D eigenvalue weighted by Crippen LogP contribution is -2.26. The number of hydrogen-bond acceptors (Lipinski definition) is 5. The van der Waals surface area contributed by atoms with Gasteiger partial charge < -0.3 is 19.8 Å². The predicted octanol–water partition coefficient (Wildman–Crippen LogP) is 6.02. The molecule has 1 aromatic heterocycles. The van der Waals surface area contributed by atoms with E-state index < -0.39 is 35.7 Å². The van der Waals surface area contributed by atoms with Crippen molar-refractivity contribution in [2.45, 2.75) is 33.1 Å². The Kier molecular flexibility index (Phi) is 8.09. The Hall–Kier alpha value is -3.79. The SMILES string of the molecule is CCOC(=O)c1[nH]c(C)c(C(=O)O[C@@H](C(=O)Nc2cc(C(F)(F)F)ccc2Cl)c2ccccc2)c1C. The Morgan fingerprint density at radius 2 is 1.72 bits per heavy atom. The van der Waals surface area contributed by atoms with Crippen molar-refractivity contribution in [1.29, 1.82) is 0 Å². The van der Waals surface area contributed by atoms with Gasteiger partial charge in [0.25, 0.3) is 5.91 Å². The van der Waals surface area contributed by atoms with Crippen LogP contribution in [-0.2, 0) is 20.4 Å². The van der Waals surface area contributed by atoms with Crippen molar-refractivity contribution < 1.29 is 37.0 Å². The summed E-state index contributed by atoms with van der Waals surface area (Å²) in [6.07, 6.45) is -6.20. The van der Waals surface area contributed by atoms with Crippen molar-refractivity contribution in [3.8, 4) is 0 Å². The van der Waals surface area contributed by atoms with Crippen LogP contribution in [0.1, 0.15) is 56.3 Å². The van der Waals surface area contributed by atoms with Crippen LogP contribution in [0.25, 0.3) is 0 Å². The molecule has 0 radical (unpaired) electrons. The lowest BCUT2D eigenvalue weighted by atomic mass is 10.1. The number of carbonyl (C=O) groups is 3. The Morgan fingerprint density at radius 1 is 1.06 bits per heavy atom. The molecule has 2 aromatic carbocycles. The van der Waals surface area contributed by atoms with Crippen molar-refractivity contribution in [3.05, 3.63) is 87.2 Å². The third kappa shape index (κ3) is 5.88. The fourth-order valence-electron chi connectivity index (χ4n) is 3.53. The van der Waals surface area contributed by atoms with E-state index in [-0.39, 0.29) is 39.7 Å². The van der Waals surface area contributed by atoms with Gasteiger partial charge in [0.15, 0.2) is 0 Å². The summed E-state index contributed by atoms with van der Waals surface area (Å²) in [5.41, 5.74) is -0.366. The normalized spacial score (nSPS) is 12.1. The molecule has 1 amide bonds. The Bertz CT molecular complexity index is 1290. The van der Waals surface area contributed by atoms with Crippen LogP contribution in [0.5, 0.6) is 0 Å². The topological polar surface area (TPSA) is 97.5 Å². The van der Waals surface area contributed by atoms with Gasteiger partial charge in [-0.3, -0.25) is 4.79 Å². The zero-order chi connectivity index (χ0) is 26.6. The summed E-state index contributed by atoms with van der Waals surface area (Å²) in [5, 5.41) is 2.18. The molecule has 0 aliphatic heterocycles. The van der Waals surface area contributed by atoms with E-state index in [0.29, 0.717) is 11.8 Å². The van der Waals surface area contributed by atoms with E-state index in [2.05, 4.69) is 10.3 Å². The van der Waals surface area contributed by atoms with E-state index in [1.54, 1.807) is 32.0 Å². The van der Waals surface area contributed by atoms with Crippen molar-refractivity contribution >= 4 is 35.1 Å². The number of hydrogen-bond donors (Lipinski definition) is 2. The number of aromatic nitrogens is 1. The highest BCUT2D eigenvalue weighted by Crippen LogP contribution is 2.34. The quantitative estimate of drug-likeness (QED) is 0.370. The van der Waals surface area contributed by atoms with E-state index in [4.69, 9.17) is 21.1 Å². The van der Waals surface area contributed by atoms with Gasteiger partial charge >= 0.3 is 18.1 Å². The second kappa shape index (κ2) is 10.9. The lowest BCUT2D eigenvalue weighted by Gasteiger charge is -2.19. The highest BCUT2D eigenvalue weighted by Gasteiger charge is 2.33. The smallest absolute Gasteiger partial charge is 0.416 e. The van der Waals surface area contributed by atoms with Crippen LogP contribution in [-0.4, -0.2) is 29.4 Å². The van der Waals surface area contributed by atoms with Crippen LogP contribution in [0.3, 0.4) is 0 Å². The summed E-state index contributed by atoms with van der Waals surface area (Å²) < 4.78 is 49.9. The minimum absolute atomic E-state index is 0.0314. The molecule has 11 heteroatoms. The molecule has 0 bridgehead atoms. The van der Waals surface area contributed by atoms with Crippen molar-refractivity contribution in [2.75, 3.05) is 11.9 Å². The maximum absolute atomic E-state index is 13.2. The first-order valence-corrected chi connectivity index (χ1v) is 11.1. The minimum Gasteiger partial charge on any atom is -0.461 e. The number of carbonyl (C=O) groups excluding carboxylic acids is 3. The molecular formula is C25H22ClF3N2O5. The summed E-state index contributed by atoms with van der Waals surface area (Å²) in [4.78, 5) is 41.2. The van der Waals surface area contributed by atoms with Crippen molar-refractivity contribution in [1.82, 2.24) is 4.98 Å². The number of H-pyrrole nitrogens is 1. The van der Waals surface area contributed by atoms with Crippen LogP contribution < -0.4 is 5.32 Å². The number of esters is 2. The monoisotopic (exact) mass is 522 g/mol. The fourth-order valence-corrected chi connectivity index (χ4v) is 3.69. The predicted molar refractivity (Wildman–Crippen MR) is 126 cm³/mol. The van der Waals surface area contributed by atoms with Gasteiger partial charge in [0, 0.05) is 11.3 Å². The van der Waals surface area contributed by atoms with Crippen LogP contribution >= 0.6 is 11.6 Å². The highest BCUT2D eigenvalue weighted by atomic mass is 35.5. The summed E-state index contributed by atoms with van der Waals surface area (Å²) in [6.45, 7) is 4.83. The summed E-state index contributed by atoms with van der Waals surface area (Å²) in [5.74, 6) is -2.50. The molecule has 0 unspecified atom stereocenters. The largest absolute Gasteiger partial charge is 0.461 e. The maximum atomic E-state index is 13.2. The number of benzene rings is 2. The molecule has 0 spiro atoms. The molecule has 1 atom stereocenters. The third-order valence-electron chi connectivity index (χ3n) is 5.24. The molecule has 7 nitrogen and oxygen atoms in total. The maximum Gasteiger partial charge on any atom is 0.416 e. The Balaban J connectivity index is 1.94. The summed E-state index contributed by atoms with van der Waals surface area (Å²) in [7, 11) is 0. The van der Waals surface area contributed by atoms with Crippen molar-refractivity contribution in [3.63, 3.8) is 0 Å². The number of aryl methyl sites for hydroxylation is 1. The van der Waals surface area contributed by atoms with Gasteiger partial charge in [-0.25, -0.2) is 9.59 Å². The van der Waals surface area contributed by atoms with Gasteiger partial charge in [0.1, 0.15) is 5.69 Å². The highest BCUT2D eigenvalue weighted by molar-refractivity contribution is 6.33. The number of ether oxygens (including phenoxy) is 2. The molecule has 190 valence electrons. The fraction of sp³-hybridized carbons (Fsp3) is 0.240. The van der Waals surface area contributed by atoms with E-state index in [1.165, 1.54) is 19.1 Å². The molecule has 0 saturated carbocycles. The lowest BCUT2D eigenvalue weighted by molar-refractivity contribution is -0.137. The van der Waals surface area contributed by atoms with E-state index in [0.717, 1.165) is 12.1 Å². The molecular weight excluding hydrogens is 501 g/mol. The van der Waals surface area contributed by atoms with Crippen molar-refractivity contribution in [2.24, 2.45) is 0 Å². The molecule has 3 rings (SSSR count). The van der Waals surface area contributed by atoms with Gasteiger partial charge in [-0.15, -0.1) is 0 Å². The molecule has 0 aliphatic rings. The molecule has 3 aromatic rings. The Labute approximate surface area is 209 Å². The number of amides is 1. The first-order valence-electron chi connectivity index (χ1n) is 10.7. The van der Waals surface area contributed by atoms with Gasteiger partial charge in [0.2, 0.25) is 6.10 Å². The van der Waals surface area contributed by atoms with Gasteiger partial charge in [-0.05, 0) is 44.5 Å². The van der Waals surface area contributed by atoms with E-state index in [1.807, 2.05) is 0 Å². The van der Waals surface area contributed by atoms with Gasteiger partial charge in [0.05, 0.1) is 28.4 Å². The number of aromatic amines is 1. The molecule has 2 N–H and O–H groups in total. The number of alkyl halides is 3. The van der Waals surface area contributed by atoms with Gasteiger partial charge in [-0.2, -0.15) is 13.2 Å². The number of halogens is 4. The first kappa shape index (κ1) is 26.8. The zero-order valence-electron chi connectivity index (χ0n) is 19.5.